The average molecular weight is 500 g/mol. The number of aromatic nitrogens is 1. The smallest absolute Gasteiger partial charge is 0.410 e. The summed E-state index contributed by atoms with van der Waals surface area (Å²) in [6, 6.07) is 9.01. The second-order valence-electron chi connectivity index (χ2n) is 9.31. The number of carbonyl (C=O) groups excluding carboxylic acids is 2. The van der Waals surface area contributed by atoms with E-state index in [2.05, 4.69) is 11.1 Å². The molecule has 10 heteroatoms. The Bertz CT molecular complexity index is 1130. The number of ether oxygens (including phenoxy) is 1. The molecule has 1 aromatic heterocycles. The van der Waals surface area contributed by atoms with E-state index < -0.39 is 5.60 Å². The zero-order valence-electron chi connectivity index (χ0n) is 20.4. The van der Waals surface area contributed by atoms with Crippen LogP contribution >= 0.6 is 11.6 Å². The minimum Gasteiger partial charge on any atom is -0.444 e. The number of anilines is 1. The zero-order valence-corrected chi connectivity index (χ0v) is 21.2. The fourth-order valence-electron chi connectivity index (χ4n) is 3.70. The van der Waals surface area contributed by atoms with Crippen LogP contribution in [0.25, 0.3) is 11.1 Å². The van der Waals surface area contributed by atoms with Crippen molar-refractivity contribution < 1.29 is 19.4 Å². The van der Waals surface area contributed by atoms with Crippen LogP contribution < -0.4 is 4.90 Å². The molecule has 9 nitrogen and oxygen atoms in total. The number of nitriles is 1. The number of hydrogen-bond acceptors (Lipinski definition) is 7. The van der Waals surface area contributed by atoms with Crippen molar-refractivity contribution in [2.45, 2.75) is 26.4 Å². The van der Waals surface area contributed by atoms with Crippen molar-refractivity contribution in [3.63, 3.8) is 0 Å². The number of nitrogens with zero attached hydrogens (tertiary/aromatic N) is 5. The van der Waals surface area contributed by atoms with Gasteiger partial charge in [0.25, 0.3) is 5.91 Å². The summed E-state index contributed by atoms with van der Waals surface area (Å²) in [6.07, 6.45) is 1.32. The van der Waals surface area contributed by atoms with Crippen molar-refractivity contribution in [2.24, 2.45) is 0 Å². The summed E-state index contributed by atoms with van der Waals surface area (Å²) in [7, 11) is 1.60. The minimum absolute atomic E-state index is 0.136. The summed E-state index contributed by atoms with van der Waals surface area (Å²) in [6.45, 7) is 7.58. The summed E-state index contributed by atoms with van der Waals surface area (Å²) in [4.78, 5) is 34.4. The van der Waals surface area contributed by atoms with Crippen molar-refractivity contribution in [2.75, 3.05) is 51.3 Å². The van der Waals surface area contributed by atoms with E-state index in [0.29, 0.717) is 48.7 Å². The third-order valence-corrected chi connectivity index (χ3v) is 5.85. The Morgan fingerprint density at radius 3 is 2.46 bits per heavy atom. The first-order valence-corrected chi connectivity index (χ1v) is 11.7. The Kier molecular flexibility index (Phi) is 8.20. The van der Waals surface area contributed by atoms with E-state index in [9.17, 15) is 14.9 Å². The fourth-order valence-corrected chi connectivity index (χ4v) is 3.96. The molecule has 2 aromatic rings. The third-order valence-electron chi connectivity index (χ3n) is 5.53. The lowest BCUT2D eigenvalue weighted by atomic mass is 10.0. The van der Waals surface area contributed by atoms with Gasteiger partial charge in [-0.05, 0) is 44.5 Å². The molecule has 3 rings (SSSR count). The highest BCUT2D eigenvalue weighted by molar-refractivity contribution is 6.34. The fraction of sp³-hybridized carbons (Fsp3) is 0.440. The Morgan fingerprint density at radius 2 is 1.89 bits per heavy atom. The molecule has 1 saturated heterocycles. The molecule has 0 bridgehead atoms. The minimum atomic E-state index is -0.552. The first-order valence-electron chi connectivity index (χ1n) is 11.3. The van der Waals surface area contributed by atoms with Gasteiger partial charge in [-0.2, -0.15) is 5.26 Å². The number of benzene rings is 1. The lowest BCUT2D eigenvalue weighted by Crippen LogP contribution is -2.50. The van der Waals surface area contributed by atoms with Gasteiger partial charge in [-0.1, -0.05) is 17.7 Å². The molecule has 186 valence electrons. The molecule has 1 aliphatic heterocycles. The Labute approximate surface area is 210 Å². The second kappa shape index (κ2) is 10.9. The van der Waals surface area contributed by atoms with Gasteiger partial charge in [0.2, 0.25) is 0 Å². The van der Waals surface area contributed by atoms with Gasteiger partial charge < -0.3 is 24.5 Å². The maximum atomic E-state index is 12.5. The summed E-state index contributed by atoms with van der Waals surface area (Å²) < 4.78 is 5.44. The monoisotopic (exact) mass is 499 g/mol. The van der Waals surface area contributed by atoms with Gasteiger partial charge in [0.15, 0.2) is 0 Å². The van der Waals surface area contributed by atoms with Crippen LogP contribution in [0.5, 0.6) is 0 Å². The van der Waals surface area contributed by atoms with Gasteiger partial charge in [-0.25, -0.2) is 9.78 Å². The largest absolute Gasteiger partial charge is 0.444 e. The predicted molar refractivity (Wildman–Crippen MR) is 133 cm³/mol. The number of amides is 2. The van der Waals surface area contributed by atoms with Gasteiger partial charge in [0, 0.05) is 51.5 Å². The topological polar surface area (TPSA) is 110 Å². The van der Waals surface area contributed by atoms with Gasteiger partial charge in [0.1, 0.15) is 17.5 Å². The molecule has 0 atom stereocenters. The molecule has 0 unspecified atom stereocenters. The normalized spacial score (nSPS) is 13.9. The van der Waals surface area contributed by atoms with Crippen LogP contribution in [0, 0.1) is 11.3 Å². The van der Waals surface area contributed by atoms with E-state index in [1.165, 1.54) is 4.90 Å². The highest BCUT2D eigenvalue weighted by Crippen LogP contribution is 2.29. The maximum Gasteiger partial charge on any atom is 0.410 e. The van der Waals surface area contributed by atoms with E-state index in [4.69, 9.17) is 21.4 Å². The standard InChI is InChI=1S/C25H30ClN5O4/c1-25(2,3)35-24(34)31-9-7-30(8-10-31)22-18(15-27)13-19(16-28-22)17-5-6-20(21(26)14-17)23(33)29(4)11-12-32/h5-6,13-14,16,32H,7-12H2,1-4H3. The lowest BCUT2D eigenvalue weighted by Gasteiger charge is -2.36. The predicted octanol–water partition coefficient (Wildman–Crippen LogP) is 3.40. The second-order valence-corrected chi connectivity index (χ2v) is 9.71. The van der Waals surface area contributed by atoms with Gasteiger partial charge in [0.05, 0.1) is 22.8 Å². The molecule has 1 N–H and O–H groups in total. The van der Waals surface area contributed by atoms with Crippen LogP contribution in [-0.2, 0) is 4.74 Å². The number of aliphatic hydroxyl groups excluding tert-OH is 1. The number of carbonyl (C=O) groups is 2. The van der Waals surface area contributed by atoms with Gasteiger partial charge >= 0.3 is 6.09 Å². The maximum absolute atomic E-state index is 12.5. The molecular formula is C25H30ClN5O4. The van der Waals surface area contributed by atoms with Gasteiger partial charge in [-0.15, -0.1) is 0 Å². The molecule has 2 amide bonds. The van der Waals surface area contributed by atoms with E-state index in [-0.39, 0.29) is 30.2 Å². The van der Waals surface area contributed by atoms with E-state index in [1.807, 2.05) is 25.7 Å². The number of pyridine rings is 1. The van der Waals surface area contributed by atoms with E-state index in [0.717, 1.165) is 5.56 Å². The van der Waals surface area contributed by atoms with Crippen LogP contribution in [0.4, 0.5) is 10.6 Å². The molecule has 1 aliphatic rings. The van der Waals surface area contributed by atoms with Crippen molar-refractivity contribution in [3.8, 4) is 17.2 Å². The van der Waals surface area contributed by atoms with Crippen LogP contribution in [0.1, 0.15) is 36.7 Å². The molecule has 0 spiro atoms. The van der Waals surface area contributed by atoms with E-state index >= 15 is 0 Å². The molecule has 35 heavy (non-hydrogen) atoms. The number of hydrogen-bond donors (Lipinski definition) is 1. The average Bonchev–Trinajstić information content (AvgIpc) is 2.82. The SMILES string of the molecule is CN(CCO)C(=O)c1ccc(-c2cnc(N3CCN(C(=O)OC(C)(C)C)CC3)c(C#N)c2)cc1Cl. The zero-order chi connectivity index (χ0) is 25.8. The molecule has 0 aliphatic carbocycles. The Morgan fingerprint density at radius 1 is 1.20 bits per heavy atom. The number of rotatable bonds is 5. The number of halogens is 1. The third kappa shape index (κ3) is 6.41. The lowest BCUT2D eigenvalue weighted by molar-refractivity contribution is 0.0240. The molecule has 0 radical (unpaired) electrons. The van der Waals surface area contributed by atoms with Crippen LogP contribution in [0.2, 0.25) is 5.02 Å². The summed E-state index contributed by atoms with van der Waals surface area (Å²) in [5.41, 5.74) is 1.61. The van der Waals surface area contributed by atoms with Crippen molar-refractivity contribution in [1.29, 1.82) is 5.26 Å². The first kappa shape index (κ1) is 26.3. The quantitative estimate of drug-likeness (QED) is 0.671. The molecule has 2 heterocycles. The van der Waals surface area contributed by atoms with Gasteiger partial charge in [-0.3, -0.25) is 4.79 Å². The number of piperazine rings is 1. The first-order chi connectivity index (χ1) is 16.5. The highest BCUT2D eigenvalue weighted by atomic mass is 35.5. The number of aliphatic hydroxyl groups is 1. The van der Waals surface area contributed by atoms with E-state index in [1.54, 1.807) is 42.4 Å². The molecular weight excluding hydrogens is 470 g/mol. The van der Waals surface area contributed by atoms with Crippen molar-refractivity contribution >= 4 is 29.4 Å². The highest BCUT2D eigenvalue weighted by Gasteiger charge is 2.27. The molecule has 1 aromatic carbocycles. The summed E-state index contributed by atoms with van der Waals surface area (Å²) >= 11 is 6.38. The Hall–Kier alpha value is -3.35. The van der Waals surface area contributed by atoms with Crippen molar-refractivity contribution in [1.82, 2.24) is 14.8 Å². The summed E-state index contributed by atoms with van der Waals surface area (Å²) in [5, 5.41) is 19.1. The summed E-state index contributed by atoms with van der Waals surface area (Å²) in [5.74, 6) is 0.274. The van der Waals surface area contributed by atoms with Crippen molar-refractivity contribution in [3.05, 3.63) is 46.6 Å². The Balaban J connectivity index is 1.75. The van der Waals surface area contributed by atoms with Crippen LogP contribution in [0.3, 0.4) is 0 Å². The van der Waals surface area contributed by atoms with Crippen LogP contribution in [0.15, 0.2) is 30.5 Å². The molecule has 0 saturated carbocycles. The number of likely N-dealkylation sites (N-methyl/N-ethyl adjacent to an activating group) is 1. The molecule has 1 fully saturated rings. The van der Waals surface area contributed by atoms with Crippen LogP contribution in [-0.4, -0.2) is 83.9 Å².